The number of carboxylic acids is 1. The fraction of sp³-hybridized carbons (Fsp3) is 0.200. The van der Waals surface area contributed by atoms with Crippen LogP contribution in [0.2, 0.25) is 0 Å². The zero-order chi connectivity index (χ0) is 18.5. The standard InChI is InChI=1S/C20H19N3O3/c1-26-16-6-4-5-14(9-16)11-23-12-15(10-18(20(24)25)22-13-21)17-7-2-3-8-19(17)23/h2-9,12,18,22H,10-11H2,1H3,(H,24,25). The first kappa shape index (κ1) is 17.4. The van der Waals surface area contributed by atoms with E-state index < -0.39 is 12.0 Å². The molecule has 1 unspecified atom stereocenters. The van der Waals surface area contributed by atoms with Crippen LogP contribution in [0.15, 0.2) is 54.7 Å². The van der Waals surface area contributed by atoms with E-state index in [1.807, 2.05) is 54.7 Å². The van der Waals surface area contributed by atoms with Gasteiger partial charge in [-0.1, -0.05) is 30.3 Å². The number of carbonyl (C=O) groups is 1. The molecule has 6 nitrogen and oxygen atoms in total. The summed E-state index contributed by atoms with van der Waals surface area (Å²) in [6.07, 6.45) is 3.91. The smallest absolute Gasteiger partial charge is 0.327 e. The monoisotopic (exact) mass is 349 g/mol. The summed E-state index contributed by atoms with van der Waals surface area (Å²) in [7, 11) is 1.64. The molecule has 1 atom stereocenters. The molecule has 0 aliphatic rings. The Balaban J connectivity index is 1.96. The molecule has 0 aliphatic heterocycles. The van der Waals surface area contributed by atoms with Gasteiger partial charge in [0.15, 0.2) is 6.19 Å². The lowest BCUT2D eigenvalue weighted by Gasteiger charge is -2.09. The Kier molecular flexibility index (Phi) is 5.09. The lowest BCUT2D eigenvalue weighted by molar-refractivity contribution is -0.139. The van der Waals surface area contributed by atoms with Gasteiger partial charge < -0.3 is 19.7 Å². The van der Waals surface area contributed by atoms with E-state index in [4.69, 9.17) is 10.00 Å². The maximum absolute atomic E-state index is 11.4. The van der Waals surface area contributed by atoms with Crippen molar-refractivity contribution in [3.8, 4) is 11.9 Å². The van der Waals surface area contributed by atoms with E-state index in [2.05, 4.69) is 9.88 Å². The molecule has 6 heteroatoms. The molecule has 0 saturated carbocycles. The normalized spacial score (nSPS) is 11.7. The number of para-hydroxylation sites is 1. The molecule has 26 heavy (non-hydrogen) atoms. The predicted octanol–water partition coefficient (Wildman–Crippen LogP) is 2.76. The quantitative estimate of drug-likeness (QED) is 0.506. The Morgan fingerprint density at radius 1 is 1.31 bits per heavy atom. The van der Waals surface area contributed by atoms with Gasteiger partial charge in [-0.05, 0) is 29.3 Å². The molecule has 0 aliphatic carbocycles. The Labute approximate surface area is 151 Å². The first-order valence-electron chi connectivity index (χ1n) is 8.19. The molecule has 3 aromatic rings. The van der Waals surface area contributed by atoms with Crippen molar-refractivity contribution in [1.29, 1.82) is 5.26 Å². The molecular weight excluding hydrogens is 330 g/mol. The average Bonchev–Trinajstić information content (AvgIpc) is 2.99. The molecule has 0 fully saturated rings. The minimum atomic E-state index is -1.05. The van der Waals surface area contributed by atoms with Gasteiger partial charge >= 0.3 is 5.97 Å². The Hall–Kier alpha value is -3.46. The second-order valence-corrected chi connectivity index (χ2v) is 6.00. The van der Waals surface area contributed by atoms with Gasteiger partial charge in [-0.3, -0.25) is 0 Å². The zero-order valence-corrected chi connectivity index (χ0v) is 14.3. The average molecular weight is 349 g/mol. The second-order valence-electron chi connectivity index (χ2n) is 6.00. The Morgan fingerprint density at radius 2 is 2.12 bits per heavy atom. The van der Waals surface area contributed by atoms with Crippen molar-refractivity contribution in [2.24, 2.45) is 0 Å². The number of rotatable bonds is 7. The first-order valence-corrected chi connectivity index (χ1v) is 8.19. The van der Waals surface area contributed by atoms with Gasteiger partial charge in [-0.15, -0.1) is 0 Å². The zero-order valence-electron chi connectivity index (χ0n) is 14.3. The number of fused-ring (bicyclic) bond motifs is 1. The minimum Gasteiger partial charge on any atom is -0.497 e. The van der Waals surface area contributed by atoms with Gasteiger partial charge in [-0.2, -0.15) is 5.26 Å². The number of aromatic nitrogens is 1. The number of hydrogen-bond donors (Lipinski definition) is 2. The lowest BCUT2D eigenvalue weighted by atomic mass is 10.1. The van der Waals surface area contributed by atoms with Crippen LogP contribution in [0.25, 0.3) is 10.9 Å². The summed E-state index contributed by atoms with van der Waals surface area (Å²) in [6, 6.07) is 14.7. The molecule has 1 heterocycles. The summed E-state index contributed by atoms with van der Waals surface area (Å²) in [5, 5.41) is 21.4. The van der Waals surface area contributed by atoms with Crippen LogP contribution in [-0.2, 0) is 17.8 Å². The number of methoxy groups -OCH3 is 1. The van der Waals surface area contributed by atoms with E-state index in [-0.39, 0.29) is 6.42 Å². The molecule has 0 spiro atoms. The van der Waals surface area contributed by atoms with Gasteiger partial charge in [0, 0.05) is 30.1 Å². The molecule has 2 N–H and O–H groups in total. The SMILES string of the molecule is COc1cccc(Cn2cc(CC(NC#N)C(=O)O)c3ccccc32)c1. The summed E-state index contributed by atoms with van der Waals surface area (Å²) in [5.74, 6) is -0.250. The predicted molar refractivity (Wildman–Crippen MR) is 97.9 cm³/mol. The molecular formula is C20H19N3O3. The van der Waals surface area contributed by atoms with E-state index >= 15 is 0 Å². The fourth-order valence-corrected chi connectivity index (χ4v) is 3.08. The van der Waals surface area contributed by atoms with E-state index in [1.54, 1.807) is 13.3 Å². The molecule has 132 valence electrons. The summed E-state index contributed by atoms with van der Waals surface area (Å²) in [5.41, 5.74) is 2.99. The molecule has 3 rings (SSSR count). The van der Waals surface area contributed by atoms with E-state index in [1.165, 1.54) is 0 Å². The summed E-state index contributed by atoms with van der Waals surface area (Å²) in [6.45, 7) is 0.640. The minimum absolute atomic E-state index is 0.231. The van der Waals surface area contributed by atoms with Crippen LogP contribution in [0.5, 0.6) is 5.75 Å². The number of nitrogens with one attached hydrogen (secondary N) is 1. The third-order valence-electron chi connectivity index (χ3n) is 4.32. The Bertz CT molecular complexity index is 972. The highest BCUT2D eigenvalue weighted by Crippen LogP contribution is 2.24. The van der Waals surface area contributed by atoms with Gasteiger partial charge in [-0.25, -0.2) is 4.79 Å². The van der Waals surface area contributed by atoms with Crippen LogP contribution in [0.3, 0.4) is 0 Å². The van der Waals surface area contributed by atoms with Gasteiger partial charge in [0.05, 0.1) is 7.11 Å². The van der Waals surface area contributed by atoms with Crippen LogP contribution >= 0.6 is 0 Å². The maximum Gasteiger partial charge on any atom is 0.327 e. The van der Waals surface area contributed by atoms with Gasteiger partial charge in [0.1, 0.15) is 11.8 Å². The largest absolute Gasteiger partial charge is 0.497 e. The number of aliphatic carboxylic acids is 1. The number of ether oxygens (including phenoxy) is 1. The number of benzene rings is 2. The number of nitriles is 1. The van der Waals surface area contributed by atoms with Crippen molar-refractivity contribution >= 4 is 16.9 Å². The van der Waals surface area contributed by atoms with Crippen molar-refractivity contribution in [3.63, 3.8) is 0 Å². The number of carboxylic acid groups (broad SMARTS) is 1. The third kappa shape index (κ3) is 3.62. The summed E-state index contributed by atoms with van der Waals surface area (Å²) < 4.78 is 7.37. The van der Waals surface area contributed by atoms with Crippen molar-refractivity contribution in [3.05, 3.63) is 65.9 Å². The molecule has 0 amide bonds. The Morgan fingerprint density at radius 3 is 2.85 bits per heavy atom. The van der Waals surface area contributed by atoms with Crippen LogP contribution in [0, 0.1) is 11.5 Å². The van der Waals surface area contributed by atoms with Crippen LogP contribution in [-0.4, -0.2) is 28.8 Å². The number of hydrogen-bond acceptors (Lipinski definition) is 4. The fourth-order valence-electron chi connectivity index (χ4n) is 3.08. The first-order chi connectivity index (χ1) is 12.6. The van der Waals surface area contributed by atoms with E-state index in [0.29, 0.717) is 6.54 Å². The van der Waals surface area contributed by atoms with Gasteiger partial charge in [0.25, 0.3) is 0 Å². The molecule has 0 bridgehead atoms. The maximum atomic E-state index is 11.4. The van der Waals surface area contributed by atoms with E-state index in [0.717, 1.165) is 27.8 Å². The van der Waals surface area contributed by atoms with Crippen LogP contribution in [0.4, 0.5) is 0 Å². The lowest BCUT2D eigenvalue weighted by Crippen LogP contribution is -2.35. The highest BCUT2D eigenvalue weighted by Gasteiger charge is 2.20. The molecule has 0 saturated heterocycles. The highest BCUT2D eigenvalue weighted by molar-refractivity contribution is 5.85. The topological polar surface area (TPSA) is 87.3 Å². The van der Waals surface area contributed by atoms with E-state index in [9.17, 15) is 9.90 Å². The van der Waals surface area contributed by atoms with Crippen molar-refractivity contribution < 1.29 is 14.6 Å². The van der Waals surface area contributed by atoms with Crippen LogP contribution < -0.4 is 10.1 Å². The highest BCUT2D eigenvalue weighted by atomic mass is 16.5. The number of nitrogens with zero attached hydrogens (tertiary/aromatic N) is 2. The summed E-state index contributed by atoms with van der Waals surface area (Å²) in [4.78, 5) is 11.4. The van der Waals surface area contributed by atoms with Crippen LogP contribution in [0.1, 0.15) is 11.1 Å². The van der Waals surface area contributed by atoms with Crippen molar-refractivity contribution in [2.75, 3.05) is 7.11 Å². The van der Waals surface area contributed by atoms with Crippen molar-refractivity contribution in [1.82, 2.24) is 9.88 Å². The third-order valence-corrected chi connectivity index (χ3v) is 4.32. The summed E-state index contributed by atoms with van der Waals surface area (Å²) >= 11 is 0. The molecule has 0 radical (unpaired) electrons. The molecule has 2 aromatic carbocycles. The second kappa shape index (κ2) is 7.62. The van der Waals surface area contributed by atoms with Gasteiger partial charge in [0.2, 0.25) is 0 Å². The van der Waals surface area contributed by atoms with Crippen molar-refractivity contribution in [2.45, 2.75) is 19.0 Å². The molecule has 1 aromatic heterocycles.